The number of hydrogen-bond donors (Lipinski definition) is 2. The fourth-order valence-electron chi connectivity index (χ4n) is 8.37. The van der Waals surface area contributed by atoms with E-state index in [1.165, 1.54) is 6.42 Å². The lowest BCUT2D eigenvalue weighted by Crippen LogP contribution is -2.73. The van der Waals surface area contributed by atoms with Crippen molar-refractivity contribution in [3.8, 4) is 6.07 Å². The standard InChI is InChI=1S/C19H25N3O2/c20-8-13-2-12-3-14(12)22(13)16(23)15(21)17-4-10-1-11-6-18(17,5-10)19(24,7-11)9-17/h10-15,24H,1-7,9,21H2/t10?,11?,12-,13+,14?,15-,17?,18?,19?/m1/s1. The minimum Gasteiger partial charge on any atom is -0.389 e. The molecule has 6 rings (SSSR count). The van der Waals surface area contributed by atoms with Gasteiger partial charge in [-0.1, -0.05) is 0 Å². The van der Waals surface area contributed by atoms with Crippen LogP contribution in [0.3, 0.4) is 0 Å². The molecule has 3 N–H and O–H groups in total. The van der Waals surface area contributed by atoms with E-state index < -0.39 is 11.6 Å². The van der Waals surface area contributed by atoms with E-state index in [-0.39, 0.29) is 28.8 Å². The molecule has 1 spiro atoms. The van der Waals surface area contributed by atoms with Crippen molar-refractivity contribution in [3.63, 3.8) is 0 Å². The maximum atomic E-state index is 13.3. The van der Waals surface area contributed by atoms with Crippen LogP contribution in [-0.2, 0) is 4.79 Å². The van der Waals surface area contributed by atoms with Gasteiger partial charge in [0.15, 0.2) is 0 Å². The van der Waals surface area contributed by atoms with Crippen LogP contribution in [0.2, 0.25) is 0 Å². The number of carbonyl (C=O) groups excluding carboxylic acids is 1. The van der Waals surface area contributed by atoms with E-state index in [1.54, 1.807) is 0 Å². The SMILES string of the molecule is N#C[C@@H]1C[C@@H]2CC2N1C(=O)[C@@H](N)C12CC3CC4CC(O)(C1)C2(C4)C3. The summed E-state index contributed by atoms with van der Waals surface area (Å²) in [5, 5.41) is 20.6. The lowest BCUT2D eigenvalue weighted by Gasteiger charge is -2.65. The molecule has 1 heterocycles. The summed E-state index contributed by atoms with van der Waals surface area (Å²) in [5.74, 6) is 1.79. The zero-order valence-electron chi connectivity index (χ0n) is 13.9. The van der Waals surface area contributed by atoms with Crippen LogP contribution in [0.15, 0.2) is 0 Å². The third-order valence-electron chi connectivity index (χ3n) is 9.04. The lowest BCUT2D eigenvalue weighted by atomic mass is 9.41. The third-order valence-corrected chi connectivity index (χ3v) is 9.04. The summed E-state index contributed by atoms with van der Waals surface area (Å²) >= 11 is 0. The van der Waals surface area contributed by atoms with Crippen molar-refractivity contribution in [1.82, 2.24) is 4.90 Å². The molecule has 0 radical (unpaired) electrons. The molecule has 0 aromatic carbocycles. The monoisotopic (exact) mass is 327 g/mol. The van der Waals surface area contributed by atoms with Crippen LogP contribution in [0.4, 0.5) is 0 Å². The van der Waals surface area contributed by atoms with E-state index in [0.717, 1.165) is 38.5 Å². The maximum absolute atomic E-state index is 13.3. The van der Waals surface area contributed by atoms with Crippen LogP contribution in [0.1, 0.15) is 51.4 Å². The number of hydrogen-bond acceptors (Lipinski definition) is 4. The number of aliphatic hydroxyl groups is 1. The molecule has 9 atom stereocenters. The summed E-state index contributed by atoms with van der Waals surface area (Å²) in [6.07, 6.45) is 7.85. The average Bonchev–Trinajstić information content (AvgIpc) is 3.11. The number of rotatable bonds is 2. The van der Waals surface area contributed by atoms with Gasteiger partial charge in [-0.25, -0.2) is 0 Å². The molecule has 5 aliphatic carbocycles. The largest absolute Gasteiger partial charge is 0.389 e. The highest BCUT2D eigenvalue weighted by atomic mass is 16.3. The Morgan fingerprint density at radius 3 is 2.71 bits per heavy atom. The first-order chi connectivity index (χ1) is 11.4. The number of fused-ring (bicyclic) bond motifs is 3. The number of piperidine rings is 1. The topological polar surface area (TPSA) is 90.4 Å². The van der Waals surface area contributed by atoms with E-state index in [9.17, 15) is 15.2 Å². The van der Waals surface area contributed by atoms with Crippen LogP contribution in [0.25, 0.3) is 0 Å². The molecule has 0 aromatic rings. The summed E-state index contributed by atoms with van der Waals surface area (Å²) in [6.45, 7) is 0. The van der Waals surface area contributed by atoms with Crippen molar-refractivity contribution in [2.45, 2.75) is 75.1 Å². The first-order valence-electron chi connectivity index (χ1n) is 9.63. The smallest absolute Gasteiger partial charge is 0.241 e. The molecule has 6 aliphatic rings. The molecule has 3 bridgehead atoms. The van der Waals surface area contributed by atoms with E-state index in [0.29, 0.717) is 24.2 Å². The Labute approximate surface area is 142 Å². The highest BCUT2D eigenvalue weighted by Crippen LogP contribution is 2.83. The fourth-order valence-corrected chi connectivity index (χ4v) is 8.37. The molecule has 6 unspecified atom stereocenters. The summed E-state index contributed by atoms with van der Waals surface area (Å²) in [4.78, 5) is 15.1. The molecule has 5 nitrogen and oxygen atoms in total. The summed E-state index contributed by atoms with van der Waals surface area (Å²) < 4.78 is 0. The molecule has 1 aliphatic heterocycles. The second-order valence-electron chi connectivity index (χ2n) is 9.90. The molecular weight excluding hydrogens is 302 g/mol. The van der Waals surface area contributed by atoms with Gasteiger partial charge in [0.1, 0.15) is 6.04 Å². The van der Waals surface area contributed by atoms with Crippen LogP contribution < -0.4 is 5.73 Å². The van der Waals surface area contributed by atoms with E-state index >= 15 is 0 Å². The third kappa shape index (κ3) is 1.26. The Hall–Kier alpha value is -1.12. The van der Waals surface area contributed by atoms with Gasteiger partial charge < -0.3 is 15.7 Å². The summed E-state index contributed by atoms with van der Waals surface area (Å²) in [5.41, 5.74) is 5.78. The van der Waals surface area contributed by atoms with Gasteiger partial charge in [-0.05, 0) is 69.1 Å². The highest BCUT2D eigenvalue weighted by molar-refractivity contribution is 5.85. The summed E-state index contributed by atoms with van der Waals surface area (Å²) in [6, 6.07) is 1.76. The minimum atomic E-state index is -0.567. The average molecular weight is 327 g/mol. The van der Waals surface area contributed by atoms with Crippen LogP contribution in [0.5, 0.6) is 0 Å². The highest BCUT2D eigenvalue weighted by Gasteiger charge is 2.83. The van der Waals surface area contributed by atoms with Gasteiger partial charge in [0.25, 0.3) is 0 Å². The Morgan fingerprint density at radius 2 is 1.96 bits per heavy atom. The number of amides is 1. The molecule has 1 saturated heterocycles. The Kier molecular flexibility index (Phi) is 2.25. The molecule has 24 heavy (non-hydrogen) atoms. The van der Waals surface area contributed by atoms with Crippen molar-refractivity contribution >= 4 is 5.91 Å². The van der Waals surface area contributed by atoms with Crippen molar-refractivity contribution in [2.24, 2.45) is 34.3 Å². The van der Waals surface area contributed by atoms with Gasteiger partial charge in [-0.3, -0.25) is 4.79 Å². The molecule has 1 amide bonds. The van der Waals surface area contributed by atoms with E-state index in [2.05, 4.69) is 6.07 Å². The van der Waals surface area contributed by atoms with Crippen LogP contribution in [0, 0.1) is 39.9 Å². The van der Waals surface area contributed by atoms with E-state index in [4.69, 9.17) is 5.73 Å². The van der Waals surface area contributed by atoms with E-state index in [1.807, 2.05) is 4.90 Å². The van der Waals surface area contributed by atoms with Crippen molar-refractivity contribution in [1.29, 1.82) is 5.26 Å². The van der Waals surface area contributed by atoms with Gasteiger partial charge in [-0.2, -0.15) is 5.26 Å². The number of likely N-dealkylation sites (tertiary alicyclic amines) is 1. The molecular formula is C19H25N3O2. The Bertz CT molecular complexity index is 699. The van der Waals surface area contributed by atoms with Gasteiger partial charge >= 0.3 is 0 Å². The van der Waals surface area contributed by atoms with Gasteiger partial charge in [0, 0.05) is 16.9 Å². The zero-order chi connectivity index (χ0) is 16.5. The number of nitriles is 1. The molecule has 5 saturated carbocycles. The molecule has 0 aromatic heterocycles. The van der Waals surface area contributed by atoms with Crippen molar-refractivity contribution in [2.75, 3.05) is 0 Å². The quantitative estimate of drug-likeness (QED) is 0.796. The number of nitrogens with zero attached hydrogens (tertiary/aromatic N) is 2. The fraction of sp³-hybridized carbons (Fsp3) is 0.895. The number of nitrogens with two attached hydrogens (primary N) is 1. The first-order valence-corrected chi connectivity index (χ1v) is 9.63. The Morgan fingerprint density at radius 1 is 1.21 bits per heavy atom. The van der Waals surface area contributed by atoms with Crippen LogP contribution in [-0.4, -0.2) is 39.6 Å². The van der Waals surface area contributed by atoms with Gasteiger partial charge in [-0.15, -0.1) is 0 Å². The van der Waals surface area contributed by atoms with Crippen LogP contribution >= 0.6 is 0 Å². The normalized spacial score (nSPS) is 59.5. The van der Waals surface area contributed by atoms with Crippen molar-refractivity contribution in [3.05, 3.63) is 0 Å². The van der Waals surface area contributed by atoms with Gasteiger partial charge in [0.2, 0.25) is 5.91 Å². The predicted molar refractivity (Wildman–Crippen MR) is 85.2 cm³/mol. The van der Waals surface area contributed by atoms with Gasteiger partial charge in [0.05, 0.1) is 17.7 Å². The minimum absolute atomic E-state index is 0.000949. The zero-order valence-corrected chi connectivity index (χ0v) is 13.9. The predicted octanol–water partition coefficient (Wildman–Crippen LogP) is 1.16. The summed E-state index contributed by atoms with van der Waals surface area (Å²) in [7, 11) is 0. The number of carbonyl (C=O) groups is 1. The Balaban J connectivity index is 1.36. The second kappa shape index (κ2) is 3.83. The molecule has 128 valence electrons. The second-order valence-corrected chi connectivity index (χ2v) is 9.90. The van der Waals surface area contributed by atoms with Crippen molar-refractivity contribution < 1.29 is 9.90 Å². The first kappa shape index (κ1) is 14.1. The maximum Gasteiger partial charge on any atom is 0.241 e. The lowest BCUT2D eigenvalue weighted by molar-refractivity contribution is -0.241. The molecule has 6 fully saturated rings. The molecule has 5 heteroatoms.